The predicted octanol–water partition coefficient (Wildman–Crippen LogP) is 16.5. The van der Waals surface area contributed by atoms with Crippen molar-refractivity contribution in [1.82, 2.24) is 5.32 Å². The van der Waals surface area contributed by atoms with Crippen LogP contribution < -0.4 is 5.32 Å². The first-order valence-corrected chi connectivity index (χ1v) is 27.4. The summed E-state index contributed by atoms with van der Waals surface area (Å²) in [6.45, 7) is 4.93. The van der Waals surface area contributed by atoms with Crippen LogP contribution >= 0.6 is 0 Å². The third-order valence-electron chi connectivity index (χ3n) is 12.8. The second-order valence-electron chi connectivity index (χ2n) is 18.9. The fourth-order valence-electron chi connectivity index (χ4n) is 8.58. The molecule has 0 radical (unpaired) electrons. The molecule has 0 aromatic heterocycles. The number of aliphatic hydroxyl groups is 2. The number of rotatable bonds is 51. The van der Waals surface area contributed by atoms with E-state index in [-0.39, 0.29) is 18.5 Å². The Balaban J connectivity index is 3.40. The number of carbonyl (C=O) groups is 2. The van der Waals surface area contributed by atoms with Gasteiger partial charge in [-0.2, -0.15) is 0 Å². The van der Waals surface area contributed by atoms with E-state index in [1.54, 1.807) is 0 Å². The third kappa shape index (κ3) is 47.9. The number of aliphatic hydroxyl groups excluding tert-OH is 2. The maximum absolute atomic E-state index is 12.4. The minimum atomic E-state index is -0.668. The lowest BCUT2D eigenvalue weighted by molar-refractivity contribution is -0.143. The van der Waals surface area contributed by atoms with E-state index in [1.165, 1.54) is 225 Å². The van der Waals surface area contributed by atoms with Crippen LogP contribution in [0.1, 0.15) is 303 Å². The van der Waals surface area contributed by atoms with Crippen LogP contribution in [0.3, 0.4) is 0 Å². The highest BCUT2D eigenvalue weighted by atomic mass is 16.5. The van der Waals surface area contributed by atoms with Gasteiger partial charge in [0.1, 0.15) is 0 Å². The maximum atomic E-state index is 12.4. The number of nitrogens with one attached hydrogen (secondary N) is 1. The molecule has 0 aliphatic carbocycles. The minimum Gasteiger partial charge on any atom is -0.466 e. The average Bonchev–Trinajstić information content (AvgIpc) is 3.26. The lowest BCUT2D eigenvalue weighted by Crippen LogP contribution is -2.45. The topological polar surface area (TPSA) is 95.9 Å². The molecule has 0 bridgehead atoms. The Morgan fingerprint density at radius 1 is 0.443 bits per heavy atom. The fourth-order valence-corrected chi connectivity index (χ4v) is 8.58. The van der Waals surface area contributed by atoms with E-state index in [0.29, 0.717) is 25.9 Å². The van der Waals surface area contributed by atoms with Crippen molar-refractivity contribution in [2.45, 2.75) is 315 Å². The molecule has 0 aliphatic rings. The van der Waals surface area contributed by atoms with E-state index in [0.717, 1.165) is 44.9 Å². The minimum absolute atomic E-state index is 0.00233. The Kier molecular flexibility index (Phi) is 50.1. The highest BCUT2D eigenvalue weighted by molar-refractivity contribution is 5.76. The van der Waals surface area contributed by atoms with Crippen molar-refractivity contribution < 1.29 is 24.5 Å². The van der Waals surface area contributed by atoms with Crippen LogP contribution in [-0.4, -0.2) is 47.4 Å². The quantitative estimate of drug-likeness (QED) is 0.0322. The molecule has 0 heterocycles. The van der Waals surface area contributed by atoms with Gasteiger partial charge in [-0.15, -0.1) is 0 Å². The van der Waals surface area contributed by atoms with Gasteiger partial charge in [-0.1, -0.05) is 251 Å². The molecule has 0 aromatic carbocycles. The van der Waals surface area contributed by atoms with Gasteiger partial charge in [0.25, 0.3) is 0 Å². The van der Waals surface area contributed by atoms with Gasteiger partial charge in [0, 0.05) is 12.8 Å². The molecular weight excluding hydrogens is 755 g/mol. The maximum Gasteiger partial charge on any atom is 0.305 e. The van der Waals surface area contributed by atoms with Gasteiger partial charge < -0.3 is 20.3 Å². The first kappa shape index (κ1) is 59.6. The van der Waals surface area contributed by atoms with Gasteiger partial charge >= 0.3 is 5.97 Å². The molecule has 362 valence electrons. The number of allylic oxidation sites excluding steroid dienone is 2. The van der Waals surface area contributed by atoms with Crippen molar-refractivity contribution in [3.8, 4) is 0 Å². The standard InChI is InChI=1S/C55H107NO5/c1-3-5-7-9-11-13-15-17-18-19-22-25-29-33-37-41-45-49-55(60)61-50-46-42-38-34-30-26-23-20-21-24-28-32-36-40-44-48-54(59)56-52(51-57)53(58)47-43-39-35-31-27-16-14-12-10-8-6-4-2/h17-18,52-53,57-58H,3-16,19-51H2,1-2H3,(H,56,59)/b18-17-. The Morgan fingerprint density at radius 2 is 0.770 bits per heavy atom. The molecule has 0 saturated carbocycles. The molecule has 6 nitrogen and oxygen atoms in total. The van der Waals surface area contributed by atoms with E-state index >= 15 is 0 Å². The monoisotopic (exact) mass is 862 g/mol. The summed E-state index contributed by atoms with van der Waals surface area (Å²) in [5.74, 6) is -0.0456. The Hall–Kier alpha value is -1.40. The van der Waals surface area contributed by atoms with E-state index < -0.39 is 12.1 Å². The zero-order chi connectivity index (χ0) is 44.4. The second-order valence-corrected chi connectivity index (χ2v) is 18.9. The molecule has 2 unspecified atom stereocenters. The van der Waals surface area contributed by atoms with Crippen molar-refractivity contribution in [2.24, 2.45) is 0 Å². The van der Waals surface area contributed by atoms with Gasteiger partial charge in [-0.3, -0.25) is 9.59 Å². The highest BCUT2D eigenvalue weighted by Crippen LogP contribution is 2.17. The number of unbranched alkanes of at least 4 members (excludes halogenated alkanes) is 38. The highest BCUT2D eigenvalue weighted by Gasteiger charge is 2.20. The number of esters is 1. The summed E-state index contributed by atoms with van der Waals surface area (Å²) in [6, 6.07) is -0.546. The number of amides is 1. The van der Waals surface area contributed by atoms with Crippen LogP contribution in [0.25, 0.3) is 0 Å². The van der Waals surface area contributed by atoms with Gasteiger partial charge in [0.15, 0.2) is 0 Å². The first-order chi connectivity index (χ1) is 30.0. The SMILES string of the molecule is CCCCCCCC/C=C\CCCCCCCCCC(=O)OCCCCCCCCCCCCCCCCCC(=O)NC(CO)C(O)CCCCCCCCCCCCCC. The smallest absolute Gasteiger partial charge is 0.305 e. The third-order valence-corrected chi connectivity index (χ3v) is 12.8. The summed E-state index contributed by atoms with van der Waals surface area (Å²) in [4.78, 5) is 24.5. The molecule has 0 saturated heterocycles. The van der Waals surface area contributed by atoms with Gasteiger partial charge in [0.05, 0.1) is 25.4 Å². The molecule has 2 atom stereocenters. The van der Waals surface area contributed by atoms with Crippen LogP contribution in [0.5, 0.6) is 0 Å². The molecule has 61 heavy (non-hydrogen) atoms. The predicted molar refractivity (Wildman–Crippen MR) is 264 cm³/mol. The van der Waals surface area contributed by atoms with Gasteiger partial charge in [-0.05, 0) is 51.4 Å². The number of carbonyl (C=O) groups excluding carboxylic acids is 2. The van der Waals surface area contributed by atoms with Crippen molar-refractivity contribution in [3.63, 3.8) is 0 Å². The van der Waals surface area contributed by atoms with E-state index in [1.807, 2.05) is 0 Å². The van der Waals surface area contributed by atoms with Crippen molar-refractivity contribution in [3.05, 3.63) is 12.2 Å². The largest absolute Gasteiger partial charge is 0.466 e. The molecule has 0 aromatic rings. The van der Waals surface area contributed by atoms with Crippen molar-refractivity contribution >= 4 is 11.9 Å². The molecular formula is C55H107NO5. The lowest BCUT2D eigenvalue weighted by atomic mass is 10.0. The Morgan fingerprint density at radius 3 is 1.16 bits per heavy atom. The molecule has 1 amide bonds. The van der Waals surface area contributed by atoms with E-state index in [9.17, 15) is 19.8 Å². The summed E-state index contributed by atoms with van der Waals surface area (Å²) in [5.41, 5.74) is 0. The molecule has 6 heteroatoms. The van der Waals surface area contributed by atoms with Gasteiger partial charge in [-0.25, -0.2) is 0 Å². The number of hydrogen-bond donors (Lipinski definition) is 3. The summed E-state index contributed by atoms with van der Waals surface area (Å²) < 4.78 is 5.48. The normalized spacial score (nSPS) is 12.7. The van der Waals surface area contributed by atoms with Crippen LogP contribution in [0, 0.1) is 0 Å². The van der Waals surface area contributed by atoms with Crippen molar-refractivity contribution in [2.75, 3.05) is 13.2 Å². The van der Waals surface area contributed by atoms with Crippen LogP contribution in [-0.2, 0) is 14.3 Å². The van der Waals surface area contributed by atoms with Crippen LogP contribution in [0.2, 0.25) is 0 Å². The van der Waals surface area contributed by atoms with Crippen LogP contribution in [0.4, 0.5) is 0 Å². The fraction of sp³-hybridized carbons (Fsp3) is 0.927. The Bertz CT molecular complexity index is 909. The zero-order valence-corrected chi connectivity index (χ0v) is 41.2. The number of ether oxygens (including phenoxy) is 1. The van der Waals surface area contributed by atoms with E-state index in [2.05, 4.69) is 31.3 Å². The lowest BCUT2D eigenvalue weighted by Gasteiger charge is -2.22. The van der Waals surface area contributed by atoms with Crippen LogP contribution in [0.15, 0.2) is 12.2 Å². The first-order valence-electron chi connectivity index (χ1n) is 27.4. The van der Waals surface area contributed by atoms with Gasteiger partial charge in [0.2, 0.25) is 5.91 Å². The summed E-state index contributed by atoms with van der Waals surface area (Å²) in [7, 11) is 0. The Labute approximate surface area is 380 Å². The zero-order valence-electron chi connectivity index (χ0n) is 41.2. The molecule has 0 aliphatic heterocycles. The molecule has 0 rings (SSSR count). The second kappa shape index (κ2) is 51.2. The van der Waals surface area contributed by atoms with E-state index in [4.69, 9.17) is 4.74 Å². The molecule has 0 spiro atoms. The average molecular weight is 862 g/mol. The summed E-state index contributed by atoms with van der Waals surface area (Å²) >= 11 is 0. The molecule has 0 fully saturated rings. The summed E-state index contributed by atoms with van der Waals surface area (Å²) in [5, 5.41) is 23.2. The molecule has 3 N–H and O–H groups in total. The van der Waals surface area contributed by atoms with Crippen molar-refractivity contribution in [1.29, 1.82) is 0 Å². The number of hydrogen-bond acceptors (Lipinski definition) is 5. The summed E-state index contributed by atoms with van der Waals surface area (Å²) in [6.07, 6.45) is 59.0.